The Kier molecular flexibility index (Phi) is 8.41. The second kappa shape index (κ2) is 11.7. The molecule has 2 N–H and O–H groups in total. The van der Waals surface area contributed by atoms with E-state index >= 15 is 0 Å². The van der Waals surface area contributed by atoms with E-state index in [1.807, 2.05) is 32.0 Å². The molecule has 1 aliphatic rings. The van der Waals surface area contributed by atoms with E-state index in [0.29, 0.717) is 29.8 Å². The molecule has 35 heavy (non-hydrogen) atoms. The number of aliphatic hydroxyl groups is 1. The van der Waals surface area contributed by atoms with Gasteiger partial charge in [-0.25, -0.2) is 4.98 Å². The number of benzene rings is 2. The Labute approximate surface area is 210 Å². The second-order valence-electron chi connectivity index (χ2n) is 8.89. The van der Waals surface area contributed by atoms with E-state index in [2.05, 4.69) is 20.1 Å². The molecule has 0 spiro atoms. The molecule has 9 heteroatoms. The molecule has 1 aliphatic heterocycles. The SMILES string of the molecule is Cc1ccc(C)c(NC(=O)c2coc(CN3CCN(CC(O)COc4ccc(Cl)cc4)CC3)n2)c1. The number of nitrogens with zero attached hydrogens (tertiary/aromatic N) is 3. The van der Waals surface area contributed by atoms with Crippen LogP contribution in [0.1, 0.15) is 27.5 Å². The van der Waals surface area contributed by atoms with Crippen molar-refractivity contribution in [1.29, 1.82) is 0 Å². The normalized spacial score (nSPS) is 15.7. The van der Waals surface area contributed by atoms with E-state index in [0.717, 1.165) is 43.0 Å². The third-order valence-corrected chi connectivity index (χ3v) is 6.23. The average Bonchev–Trinajstić information content (AvgIpc) is 3.31. The molecule has 1 amide bonds. The minimum Gasteiger partial charge on any atom is -0.491 e. The molecule has 8 nitrogen and oxygen atoms in total. The number of aromatic nitrogens is 1. The Morgan fingerprint density at radius 3 is 2.60 bits per heavy atom. The molecule has 0 radical (unpaired) electrons. The summed E-state index contributed by atoms with van der Waals surface area (Å²) in [6, 6.07) is 13.0. The number of oxazole rings is 1. The number of piperazine rings is 1. The van der Waals surface area contributed by atoms with Gasteiger partial charge in [-0.1, -0.05) is 23.7 Å². The topological polar surface area (TPSA) is 91.1 Å². The van der Waals surface area contributed by atoms with Crippen LogP contribution in [0.4, 0.5) is 5.69 Å². The molecule has 3 aromatic rings. The number of halogens is 1. The summed E-state index contributed by atoms with van der Waals surface area (Å²) in [4.78, 5) is 21.4. The van der Waals surface area contributed by atoms with Crippen LogP contribution in [-0.4, -0.2) is 71.2 Å². The highest BCUT2D eigenvalue weighted by molar-refractivity contribution is 6.30. The molecule has 4 rings (SSSR count). The van der Waals surface area contributed by atoms with Gasteiger partial charge in [0.2, 0.25) is 5.89 Å². The van der Waals surface area contributed by atoms with Crippen molar-refractivity contribution in [2.45, 2.75) is 26.5 Å². The molecule has 1 saturated heterocycles. The molecule has 2 heterocycles. The van der Waals surface area contributed by atoms with E-state index < -0.39 is 6.10 Å². The van der Waals surface area contributed by atoms with Crippen molar-refractivity contribution >= 4 is 23.2 Å². The van der Waals surface area contributed by atoms with Gasteiger partial charge < -0.3 is 19.6 Å². The lowest BCUT2D eigenvalue weighted by Gasteiger charge is -2.34. The van der Waals surface area contributed by atoms with Gasteiger partial charge in [-0.05, 0) is 55.3 Å². The van der Waals surface area contributed by atoms with Gasteiger partial charge in [0.15, 0.2) is 5.69 Å². The van der Waals surface area contributed by atoms with Crippen molar-refractivity contribution < 1.29 is 19.1 Å². The molecule has 0 saturated carbocycles. The van der Waals surface area contributed by atoms with Crippen molar-refractivity contribution in [3.05, 3.63) is 76.5 Å². The molecule has 1 unspecified atom stereocenters. The van der Waals surface area contributed by atoms with Crippen molar-refractivity contribution in [3.63, 3.8) is 0 Å². The Morgan fingerprint density at radius 1 is 1.14 bits per heavy atom. The van der Waals surface area contributed by atoms with E-state index in [-0.39, 0.29) is 18.2 Å². The number of nitrogens with one attached hydrogen (secondary N) is 1. The maximum absolute atomic E-state index is 12.6. The summed E-state index contributed by atoms with van der Waals surface area (Å²) in [6.07, 6.45) is 0.824. The van der Waals surface area contributed by atoms with Crippen LogP contribution in [0.3, 0.4) is 0 Å². The summed E-state index contributed by atoms with van der Waals surface area (Å²) in [5.41, 5.74) is 3.11. The number of aliphatic hydroxyl groups excluding tert-OH is 1. The van der Waals surface area contributed by atoms with E-state index in [1.54, 1.807) is 24.3 Å². The first kappa shape index (κ1) is 25.2. The maximum atomic E-state index is 12.6. The highest BCUT2D eigenvalue weighted by Gasteiger charge is 2.22. The maximum Gasteiger partial charge on any atom is 0.277 e. The van der Waals surface area contributed by atoms with Crippen LogP contribution in [0, 0.1) is 13.8 Å². The van der Waals surface area contributed by atoms with Crippen molar-refractivity contribution in [3.8, 4) is 5.75 Å². The van der Waals surface area contributed by atoms with Gasteiger partial charge in [-0.15, -0.1) is 0 Å². The largest absolute Gasteiger partial charge is 0.491 e. The second-order valence-corrected chi connectivity index (χ2v) is 9.33. The first-order valence-electron chi connectivity index (χ1n) is 11.7. The van der Waals surface area contributed by atoms with Crippen LogP contribution in [0.15, 0.2) is 53.1 Å². The fourth-order valence-electron chi connectivity index (χ4n) is 3.94. The number of hydrogen-bond acceptors (Lipinski definition) is 7. The van der Waals surface area contributed by atoms with E-state index in [4.69, 9.17) is 20.8 Å². The van der Waals surface area contributed by atoms with Gasteiger partial charge in [0.1, 0.15) is 24.7 Å². The number of hydrogen-bond donors (Lipinski definition) is 2. The fourth-order valence-corrected chi connectivity index (χ4v) is 4.07. The molecule has 1 aromatic heterocycles. The molecule has 186 valence electrons. The number of carbonyl (C=O) groups is 1. The van der Waals surface area contributed by atoms with Gasteiger partial charge in [0.25, 0.3) is 5.91 Å². The van der Waals surface area contributed by atoms with E-state index in [1.165, 1.54) is 6.26 Å². The molecule has 0 bridgehead atoms. The zero-order valence-corrected chi connectivity index (χ0v) is 20.8. The fraction of sp³-hybridized carbons (Fsp3) is 0.385. The van der Waals surface area contributed by atoms with Gasteiger partial charge in [0, 0.05) is 43.4 Å². The average molecular weight is 499 g/mol. The van der Waals surface area contributed by atoms with Crippen molar-refractivity contribution in [1.82, 2.24) is 14.8 Å². The Morgan fingerprint density at radius 2 is 1.86 bits per heavy atom. The quantitative estimate of drug-likeness (QED) is 0.464. The van der Waals surface area contributed by atoms with Crippen LogP contribution < -0.4 is 10.1 Å². The third kappa shape index (κ3) is 7.29. The van der Waals surface area contributed by atoms with E-state index in [9.17, 15) is 9.90 Å². The lowest BCUT2D eigenvalue weighted by atomic mass is 10.1. The highest BCUT2D eigenvalue weighted by Crippen LogP contribution is 2.18. The Balaban J connectivity index is 1.19. The summed E-state index contributed by atoms with van der Waals surface area (Å²) in [7, 11) is 0. The monoisotopic (exact) mass is 498 g/mol. The smallest absolute Gasteiger partial charge is 0.277 e. The predicted octanol–water partition coefficient (Wildman–Crippen LogP) is 3.75. The molecule has 0 aliphatic carbocycles. The first-order chi connectivity index (χ1) is 16.9. The van der Waals surface area contributed by atoms with Crippen LogP contribution in [-0.2, 0) is 6.54 Å². The zero-order chi connectivity index (χ0) is 24.8. The Hall–Kier alpha value is -2.91. The highest BCUT2D eigenvalue weighted by atomic mass is 35.5. The van der Waals surface area contributed by atoms with Gasteiger partial charge in [-0.2, -0.15) is 0 Å². The van der Waals surface area contributed by atoms with Gasteiger partial charge in [-0.3, -0.25) is 14.6 Å². The lowest BCUT2D eigenvalue weighted by molar-refractivity contribution is 0.0430. The molecule has 1 atom stereocenters. The first-order valence-corrected chi connectivity index (χ1v) is 12.1. The molecular weight excluding hydrogens is 468 g/mol. The summed E-state index contributed by atoms with van der Waals surface area (Å²) in [6.45, 7) is 8.51. The van der Waals surface area contributed by atoms with Gasteiger partial charge >= 0.3 is 0 Å². The number of anilines is 1. The number of β-amino-alcohol motifs (C(OH)–C–C–N with tert-alkyl or cyclic N) is 1. The molecular formula is C26H31ClN4O4. The van der Waals surface area contributed by atoms with Gasteiger partial charge in [0.05, 0.1) is 6.54 Å². The van der Waals surface area contributed by atoms with Crippen LogP contribution >= 0.6 is 11.6 Å². The number of ether oxygens (including phenoxy) is 1. The van der Waals surface area contributed by atoms with Crippen molar-refractivity contribution in [2.75, 3.05) is 44.6 Å². The summed E-state index contributed by atoms with van der Waals surface area (Å²) >= 11 is 5.88. The number of rotatable bonds is 9. The van der Waals surface area contributed by atoms with Crippen LogP contribution in [0.2, 0.25) is 5.02 Å². The molecule has 1 fully saturated rings. The minimum atomic E-state index is -0.581. The van der Waals surface area contributed by atoms with Crippen molar-refractivity contribution in [2.24, 2.45) is 0 Å². The minimum absolute atomic E-state index is 0.227. The number of amides is 1. The van der Waals surface area contributed by atoms with Crippen LogP contribution in [0.25, 0.3) is 0 Å². The molecule has 2 aromatic carbocycles. The summed E-state index contributed by atoms with van der Waals surface area (Å²) in [5.74, 6) is 0.917. The number of aryl methyl sites for hydroxylation is 2. The predicted molar refractivity (Wildman–Crippen MR) is 135 cm³/mol. The summed E-state index contributed by atoms with van der Waals surface area (Å²) in [5, 5.41) is 13.9. The summed E-state index contributed by atoms with van der Waals surface area (Å²) < 4.78 is 11.2. The number of carbonyl (C=O) groups excluding carboxylic acids is 1. The third-order valence-electron chi connectivity index (χ3n) is 5.97. The van der Waals surface area contributed by atoms with Crippen LogP contribution in [0.5, 0.6) is 5.75 Å². The Bertz CT molecular complexity index is 1130. The standard InChI is InChI=1S/C26H31ClN4O4/c1-18-3-4-19(2)23(13-18)29-26(33)24-17-35-25(28-24)15-31-11-9-30(10-12-31)14-21(32)16-34-22-7-5-20(27)6-8-22/h3-8,13,17,21,32H,9-12,14-16H2,1-2H3,(H,29,33). The zero-order valence-electron chi connectivity index (χ0n) is 20.0. The lowest BCUT2D eigenvalue weighted by Crippen LogP contribution is -2.48.